The van der Waals surface area contributed by atoms with Crippen LogP contribution in [0, 0.1) is 5.82 Å². The van der Waals surface area contributed by atoms with Crippen LogP contribution in [0.15, 0.2) is 66.9 Å². The van der Waals surface area contributed by atoms with Gasteiger partial charge < -0.3 is 10.6 Å². The number of hydrogen-bond acceptors (Lipinski definition) is 3. The maximum absolute atomic E-state index is 13.6. The molecule has 0 radical (unpaired) electrons. The highest BCUT2D eigenvalue weighted by Crippen LogP contribution is 2.30. The van der Waals surface area contributed by atoms with Gasteiger partial charge in [-0.05, 0) is 42.5 Å². The number of nitrogens with zero attached hydrogens (tertiary/aromatic N) is 1. The summed E-state index contributed by atoms with van der Waals surface area (Å²) in [4.78, 5) is 16.1. The number of carbonyl (C=O) groups excluding carboxylic acids is 1. The van der Waals surface area contributed by atoms with Gasteiger partial charge >= 0.3 is 6.18 Å². The molecule has 1 aromatic heterocycles. The van der Waals surface area contributed by atoms with Crippen molar-refractivity contribution in [3.8, 4) is 0 Å². The summed E-state index contributed by atoms with van der Waals surface area (Å²) in [6.07, 6.45) is -3.01. The molecule has 144 valence electrons. The minimum Gasteiger partial charge on any atom is -0.354 e. The van der Waals surface area contributed by atoms with Crippen molar-refractivity contribution < 1.29 is 22.4 Å². The van der Waals surface area contributed by atoms with E-state index in [9.17, 15) is 22.4 Å². The van der Waals surface area contributed by atoms with Crippen molar-refractivity contribution in [3.05, 3.63) is 89.5 Å². The van der Waals surface area contributed by atoms with Crippen LogP contribution in [0.1, 0.15) is 21.6 Å². The van der Waals surface area contributed by atoms with Crippen molar-refractivity contribution in [3.63, 3.8) is 0 Å². The fourth-order valence-electron chi connectivity index (χ4n) is 2.42. The first kappa shape index (κ1) is 19.3. The lowest BCUT2D eigenvalue weighted by atomic mass is 10.2. The lowest BCUT2D eigenvalue weighted by Crippen LogP contribution is -2.24. The molecule has 28 heavy (non-hydrogen) atoms. The number of pyridine rings is 1. The zero-order valence-electron chi connectivity index (χ0n) is 14.4. The molecule has 8 heteroatoms. The molecule has 1 amide bonds. The number of benzene rings is 2. The van der Waals surface area contributed by atoms with Crippen molar-refractivity contribution in [1.82, 2.24) is 10.3 Å². The van der Waals surface area contributed by atoms with E-state index in [2.05, 4.69) is 15.6 Å². The standard InChI is InChI=1S/C20H15F4N3O/c21-17-4-2-1-3-13(17)11-26-19(28)18-10-9-16(12-25-18)27-15-7-5-14(6-8-15)20(22,23)24/h1-10,12,27H,11H2,(H,26,28). The Hall–Kier alpha value is -3.42. The molecule has 0 aliphatic rings. The first-order valence-corrected chi connectivity index (χ1v) is 8.25. The number of rotatable bonds is 5. The largest absolute Gasteiger partial charge is 0.416 e. The van der Waals surface area contributed by atoms with E-state index < -0.39 is 23.5 Å². The summed E-state index contributed by atoms with van der Waals surface area (Å²) in [6.45, 7) is 0.0265. The molecule has 0 saturated heterocycles. The lowest BCUT2D eigenvalue weighted by Gasteiger charge is -2.10. The Morgan fingerprint density at radius 1 is 0.929 bits per heavy atom. The van der Waals surface area contributed by atoms with Crippen LogP contribution >= 0.6 is 0 Å². The minimum atomic E-state index is -4.39. The maximum Gasteiger partial charge on any atom is 0.416 e. The van der Waals surface area contributed by atoms with E-state index in [4.69, 9.17) is 0 Å². The molecule has 0 aliphatic carbocycles. The summed E-state index contributed by atoms with van der Waals surface area (Å²) >= 11 is 0. The average Bonchev–Trinajstić information content (AvgIpc) is 2.67. The van der Waals surface area contributed by atoms with Gasteiger partial charge in [0.15, 0.2) is 0 Å². The topological polar surface area (TPSA) is 54.0 Å². The third kappa shape index (κ3) is 4.85. The normalized spacial score (nSPS) is 11.1. The molecule has 0 spiro atoms. The second-order valence-corrected chi connectivity index (χ2v) is 5.91. The predicted octanol–water partition coefficient (Wildman–Crippen LogP) is 4.91. The van der Waals surface area contributed by atoms with E-state index in [-0.39, 0.29) is 12.2 Å². The average molecular weight is 389 g/mol. The first-order chi connectivity index (χ1) is 13.3. The Balaban J connectivity index is 1.60. The summed E-state index contributed by atoms with van der Waals surface area (Å²) in [7, 11) is 0. The molecule has 0 saturated carbocycles. The van der Waals surface area contributed by atoms with E-state index in [1.807, 2.05) is 0 Å². The lowest BCUT2D eigenvalue weighted by molar-refractivity contribution is -0.137. The van der Waals surface area contributed by atoms with E-state index >= 15 is 0 Å². The number of anilines is 2. The molecule has 0 bridgehead atoms. The van der Waals surface area contributed by atoms with Crippen LogP contribution in [0.5, 0.6) is 0 Å². The van der Waals surface area contributed by atoms with Crippen LogP contribution in [0.4, 0.5) is 28.9 Å². The Morgan fingerprint density at radius 2 is 1.61 bits per heavy atom. The molecule has 1 heterocycles. The smallest absolute Gasteiger partial charge is 0.354 e. The quantitative estimate of drug-likeness (QED) is 0.610. The van der Waals surface area contributed by atoms with E-state index in [1.165, 1.54) is 30.5 Å². The Morgan fingerprint density at radius 3 is 2.21 bits per heavy atom. The molecular weight excluding hydrogens is 374 g/mol. The molecular formula is C20H15F4N3O. The van der Waals surface area contributed by atoms with Gasteiger partial charge in [0.1, 0.15) is 11.5 Å². The van der Waals surface area contributed by atoms with Crippen LogP contribution in [0.2, 0.25) is 0 Å². The molecule has 3 aromatic rings. The molecule has 2 aromatic carbocycles. The SMILES string of the molecule is O=C(NCc1ccccc1F)c1ccc(Nc2ccc(C(F)(F)F)cc2)cn1. The van der Waals surface area contributed by atoms with Gasteiger partial charge in [0.2, 0.25) is 0 Å². The van der Waals surface area contributed by atoms with Gasteiger partial charge in [-0.3, -0.25) is 4.79 Å². The van der Waals surface area contributed by atoms with Gasteiger partial charge in [-0.1, -0.05) is 18.2 Å². The fourth-order valence-corrected chi connectivity index (χ4v) is 2.42. The summed E-state index contributed by atoms with van der Waals surface area (Å²) in [5.41, 5.74) is 0.709. The zero-order valence-corrected chi connectivity index (χ0v) is 14.4. The third-order valence-electron chi connectivity index (χ3n) is 3.89. The number of halogens is 4. The van der Waals surface area contributed by atoms with E-state index in [1.54, 1.807) is 24.3 Å². The van der Waals surface area contributed by atoms with Crippen molar-refractivity contribution >= 4 is 17.3 Å². The zero-order chi connectivity index (χ0) is 20.1. The molecule has 4 nitrogen and oxygen atoms in total. The first-order valence-electron chi connectivity index (χ1n) is 8.25. The van der Waals surface area contributed by atoms with Gasteiger partial charge in [-0.25, -0.2) is 9.37 Å². The number of nitrogens with one attached hydrogen (secondary N) is 2. The Bertz CT molecular complexity index is 954. The van der Waals surface area contributed by atoms with Crippen LogP contribution < -0.4 is 10.6 Å². The summed E-state index contributed by atoms with van der Waals surface area (Å²) in [5.74, 6) is -0.879. The summed E-state index contributed by atoms with van der Waals surface area (Å²) in [5, 5.41) is 5.48. The third-order valence-corrected chi connectivity index (χ3v) is 3.89. The fraction of sp³-hybridized carbons (Fsp3) is 0.100. The highest BCUT2D eigenvalue weighted by Gasteiger charge is 2.29. The number of carbonyl (C=O) groups is 1. The van der Waals surface area contributed by atoms with Crippen LogP contribution in [0.25, 0.3) is 0 Å². The second kappa shape index (κ2) is 8.08. The van der Waals surface area contributed by atoms with Gasteiger partial charge in [0.05, 0.1) is 17.4 Å². The maximum atomic E-state index is 13.6. The monoisotopic (exact) mass is 389 g/mol. The van der Waals surface area contributed by atoms with Crippen LogP contribution in [0.3, 0.4) is 0 Å². The van der Waals surface area contributed by atoms with Crippen molar-refractivity contribution in [2.24, 2.45) is 0 Å². The van der Waals surface area contributed by atoms with Crippen molar-refractivity contribution in [2.45, 2.75) is 12.7 Å². The van der Waals surface area contributed by atoms with Gasteiger partial charge in [-0.15, -0.1) is 0 Å². The number of amides is 1. The van der Waals surface area contributed by atoms with Crippen LogP contribution in [-0.4, -0.2) is 10.9 Å². The molecule has 0 atom stereocenters. The number of hydrogen-bond donors (Lipinski definition) is 2. The van der Waals surface area contributed by atoms with Gasteiger partial charge in [0, 0.05) is 17.8 Å². The number of alkyl halides is 3. The molecule has 0 unspecified atom stereocenters. The predicted molar refractivity (Wildman–Crippen MR) is 96.5 cm³/mol. The van der Waals surface area contributed by atoms with Crippen LogP contribution in [-0.2, 0) is 12.7 Å². The summed E-state index contributed by atoms with van der Waals surface area (Å²) < 4.78 is 51.3. The highest BCUT2D eigenvalue weighted by atomic mass is 19.4. The van der Waals surface area contributed by atoms with E-state index in [0.717, 1.165) is 12.1 Å². The molecule has 0 fully saturated rings. The van der Waals surface area contributed by atoms with Gasteiger partial charge in [-0.2, -0.15) is 13.2 Å². The van der Waals surface area contributed by atoms with E-state index in [0.29, 0.717) is 16.9 Å². The molecule has 3 rings (SSSR count). The second-order valence-electron chi connectivity index (χ2n) is 5.91. The Kier molecular flexibility index (Phi) is 5.58. The molecule has 0 aliphatic heterocycles. The number of aromatic nitrogens is 1. The van der Waals surface area contributed by atoms with Crippen molar-refractivity contribution in [1.29, 1.82) is 0 Å². The molecule has 2 N–H and O–H groups in total. The van der Waals surface area contributed by atoms with Crippen molar-refractivity contribution in [2.75, 3.05) is 5.32 Å². The summed E-state index contributed by atoms with van der Waals surface area (Å²) in [6, 6.07) is 13.7. The minimum absolute atomic E-state index is 0.0265. The Labute approximate surface area is 158 Å². The van der Waals surface area contributed by atoms with Gasteiger partial charge in [0.25, 0.3) is 5.91 Å². The highest BCUT2D eigenvalue weighted by molar-refractivity contribution is 5.92.